The van der Waals surface area contributed by atoms with Crippen LogP contribution in [0.15, 0.2) is 11.6 Å². The fraction of sp³-hybridized carbons (Fsp3) is 0.824. The third-order valence-corrected chi connectivity index (χ3v) is 4.65. The van der Waals surface area contributed by atoms with E-state index in [0.717, 1.165) is 32.2 Å². The average Bonchev–Trinajstić information content (AvgIpc) is 2.37. The molecule has 0 aromatic rings. The first kappa shape index (κ1) is 15.4. The zero-order chi connectivity index (χ0) is 14.4. The molecule has 2 atom stereocenters. The Hall–Kier alpha value is -0.990. The molecule has 0 aromatic carbocycles. The summed E-state index contributed by atoms with van der Waals surface area (Å²) in [5.74, 6) is 0.601. The smallest absolute Gasteiger partial charge is 0.315 e. The molecule has 2 aliphatic rings. The molecule has 2 unspecified atom stereocenters. The Kier molecular flexibility index (Phi) is 5.50. The molecule has 0 heterocycles. The molecule has 20 heavy (non-hydrogen) atoms. The molecular formula is C17H30N2O. The third kappa shape index (κ3) is 4.26. The van der Waals surface area contributed by atoms with Crippen LogP contribution in [0.25, 0.3) is 0 Å². The maximum atomic E-state index is 12.1. The summed E-state index contributed by atoms with van der Waals surface area (Å²) < 4.78 is 0. The van der Waals surface area contributed by atoms with Gasteiger partial charge < -0.3 is 10.6 Å². The van der Waals surface area contributed by atoms with Crippen molar-refractivity contribution in [3.05, 3.63) is 11.6 Å². The van der Waals surface area contributed by atoms with E-state index in [1.54, 1.807) is 5.57 Å². The van der Waals surface area contributed by atoms with E-state index in [0.29, 0.717) is 5.92 Å². The van der Waals surface area contributed by atoms with E-state index in [1.807, 2.05) is 0 Å². The SMILES string of the molecule is CCCCCCNC(=O)NC12CCCC(=CC(C)C1)C2. The first-order chi connectivity index (χ1) is 9.63. The van der Waals surface area contributed by atoms with Crippen LogP contribution >= 0.6 is 0 Å². The highest BCUT2D eigenvalue weighted by atomic mass is 16.2. The van der Waals surface area contributed by atoms with Crippen molar-refractivity contribution in [1.82, 2.24) is 10.6 Å². The number of fused-ring (bicyclic) bond motifs is 2. The van der Waals surface area contributed by atoms with Crippen LogP contribution in [0.1, 0.15) is 71.6 Å². The minimum atomic E-state index is 0.0370. The van der Waals surface area contributed by atoms with Crippen LogP contribution in [0, 0.1) is 5.92 Å². The molecule has 2 aliphatic carbocycles. The van der Waals surface area contributed by atoms with Gasteiger partial charge in [-0.15, -0.1) is 0 Å². The van der Waals surface area contributed by atoms with Gasteiger partial charge in [0.15, 0.2) is 0 Å². The summed E-state index contributed by atoms with van der Waals surface area (Å²) in [6.45, 7) is 5.28. The summed E-state index contributed by atoms with van der Waals surface area (Å²) in [5, 5.41) is 6.33. The maximum absolute atomic E-state index is 12.1. The number of allylic oxidation sites excluding steroid dienone is 1. The minimum Gasteiger partial charge on any atom is -0.338 e. The van der Waals surface area contributed by atoms with Crippen molar-refractivity contribution in [2.24, 2.45) is 5.92 Å². The Bertz CT molecular complexity index is 364. The lowest BCUT2D eigenvalue weighted by Crippen LogP contribution is -2.55. The van der Waals surface area contributed by atoms with E-state index in [-0.39, 0.29) is 11.6 Å². The molecule has 0 saturated heterocycles. The molecule has 1 fully saturated rings. The summed E-state index contributed by atoms with van der Waals surface area (Å²) in [6, 6.07) is 0.0387. The lowest BCUT2D eigenvalue weighted by Gasteiger charge is -2.44. The number of urea groups is 1. The van der Waals surface area contributed by atoms with Crippen LogP contribution in [0.2, 0.25) is 0 Å². The largest absolute Gasteiger partial charge is 0.338 e. The Morgan fingerprint density at radius 1 is 1.40 bits per heavy atom. The van der Waals surface area contributed by atoms with Crippen molar-refractivity contribution in [3.63, 3.8) is 0 Å². The summed E-state index contributed by atoms with van der Waals surface area (Å²) in [7, 11) is 0. The predicted octanol–water partition coefficient (Wildman–Crippen LogP) is 4.14. The number of hydrogen-bond donors (Lipinski definition) is 2. The normalized spacial score (nSPS) is 28.7. The quantitative estimate of drug-likeness (QED) is 0.556. The second kappa shape index (κ2) is 7.14. The van der Waals surface area contributed by atoms with Gasteiger partial charge in [-0.25, -0.2) is 4.79 Å². The number of nitrogens with one attached hydrogen (secondary N) is 2. The van der Waals surface area contributed by atoms with Gasteiger partial charge in [-0.05, 0) is 44.4 Å². The minimum absolute atomic E-state index is 0.0370. The first-order valence-electron chi connectivity index (χ1n) is 8.39. The van der Waals surface area contributed by atoms with Crippen LogP contribution in [0.5, 0.6) is 0 Å². The lowest BCUT2D eigenvalue weighted by molar-refractivity contribution is 0.194. The van der Waals surface area contributed by atoms with Crippen LogP contribution in [0.3, 0.4) is 0 Å². The molecule has 2 amide bonds. The van der Waals surface area contributed by atoms with Crippen LogP contribution in [0.4, 0.5) is 4.79 Å². The van der Waals surface area contributed by atoms with Gasteiger partial charge in [-0.2, -0.15) is 0 Å². The third-order valence-electron chi connectivity index (χ3n) is 4.65. The molecule has 0 spiro atoms. The highest BCUT2D eigenvalue weighted by Crippen LogP contribution is 2.41. The van der Waals surface area contributed by atoms with Gasteiger partial charge in [0.1, 0.15) is 0 Å². The number of carbonyl (C=O) groups is 1. The number of hydrogen-bond acceptors (Lipinski definition) is 1. The van der Waals surface area contributed by atoms with E-state index in [1.165, 1.54) is 32.1 Å². The van der Waals surface area contributed by atoms with Crippen molar-refractivity contribution in [3.8, 4) is 0 Å². The van der Waals surface area contributed by atoms with Gasteiger partial charge in [0.2, 0.25) is 0 Å². The Morgan fingerprint density at radius 2 is 2.25 bits per heavy atom. The standard InChI is InChI=1S/C17H30N2O/c1-3-4-5-6-10-18-16(20)19-17-9-7-8-15(13-17)11-14(2)12-17/h11,14H,3-10,12-13H2,1-2H3,(H2,18,19,20). The van der Waals surface area contributed by atoms with Gasteiger partial charge in [0.25, 0.3) is 0 Å². The monoisotopic (exact) mass is 278 g/mol. The van der Waals surface area contributed by atoms with Gasteiger partial charge >= 0.3 is 6.03 Å². The second-order valence-electron chi connectivity index (χ2n) is 6.76. The second-order valence-corrected chi connectivity index (χ2v) is 6.76. The molecule has 2 rings (SSSR count). The number of unbranched alkanes of at least 4 members (excludes halogenated alkanes) is 3. The van der Waals surface area contributed by atoms with Crippen molar-refractivity contribution < 1.29 is 4.79 Å². The van der Waals surface area contributed by atoms with E-state index in [2.05, 4.69) is 30.6 Å². The fourth-order valence-electron chi connectivity index (χ4n) is 3.86. The van der Waals surface area contributed by atoms with E-state index in [4.69, 9.17) is 0 Å². The van der Waals surface area contributed by atoms with Gasteiger partial charge in [-0.1, -0.05) is 44.8 Å². The first-order valence-corrected chi connectivity index (χ1v) is 8.39. The summed E-state index contributed by atoms with van der Waals surface area (Å²) in [5.41, 5.74) is 1.59. The number of rotatable bonds is 6. The maximum Gasteiger partial charge on any atom is 0.315 e. The zero-order valence-electron chi connectivity index (χ0n) is 13.1. The molecule has 114 valence electrons. The van der Waals surface area contributed by atoms with Crippen LogP contribution in [-0.4, -0.2) is 18.1 Å². The van der Waals surface area contributed by atoms with Crippen molar-refractivity contribution in [2.45, 2.75) is 77.2 Å². The number of carbonyl (C=O) groups excluding carboxylic acids is 1. The number of amides is 2. The fourth-order valence-corrected chi connectivity index (χ4v) is 3.86. The molecular weight excluding hydrogens is 248 g/mol. The predicted molar refractivity (Wildman–Crippen MR) is 83.7 cm³/mol. The van der Waals surface area contributed by atoms with Gasteiger partial charge in [0.05, 0.1) is 0 Å². The van der Waals surface area contributed by atoms with Gasteiger partial charge in [0, 0.05) is 12.1 Å². The van der Waals surface area contributed by atoms with E-state index in [9.17, 15) is 4.79 Å². The van der Waals surface area contributed by atoms with E-state index >= 15 is 0 Å². The Balaban J connectivity index is 1.77. The molecule has 2 N–H and O–H groups in total. The Labute approximate surface area is 123 Å². The zero-order valence-corrected chi connectivity index (χ0v) is 13.1. The van der Waals surface area contributed by atoms with E-state index < -0.39 is 0 Å². The van der Waals surface area contributed by atoms with Crippen LogP contribution in [-0.2, 0) is 0 Å². The molecule has 1 saturated carbocycles. The molecule has 0 aliphatic heterocycles. The topological polar surface area (TPSA) is 41.1 Å². The van der Waals surface area contributed by atoms with Crippen molar-refractivity contribution in [1.29, 1.82) is 0 Å². The van der Waals surface area contributed by atoms with Crippen LogP contribution < -0.4 is 10.6 Å². The van der Waals surface area contributed by atoms with Crippen molar-refractivity contribution >= 4 is 6.03 Å². The summed E-state index contributed by atoms with van der Waals surface area (Å²) in [4.78, 5) is 12.1. The molecule has 3 heteroatoms. The summed E-state index contributed by atoms with van der Waals surface area (Å²) >= 11 is 0. The highest BCUT2D eigenvalue weighted by Gasteiger charge is 2.39. The molecule has 0 aromatic heterocycles. The molecule has 0 radical (unpaired) electrons. The van der Waals surface area contributed by atoms with Crippen molar-refractivity contribution in [2.75, 3.05) is 6.54 Å². The Morgan fingerprint density at radius 3 is 3.05 bits per heavy atom. The average molecular weight is 278 g/mol. The molecule has 2 bridgehead atoms. The van der Waals surface area contributed by atoms with Gasteiger partial charge in [-0.3, -0.25) is 0 Å². The highest BCUT2D eigenvalue weighted by molar-refractivity contribution is 5.75. The lowest BCUT2D eigenvalue weighted by atomic mass is 9.69. The molecule has 3 nitrogen and oxygen atoms in total. The summed E-state index contributed by atoms with van der Waals surface area (Å²) in [6.07, 6.45) is 13.0.